The van der Waals surface area contributed by atoms with Crippen LogP contribution in [0.15, 0.2) is 12.1 Å². The molecule has 1 aromatic rings. The molecule has 6 nitrogen and oxygen atoms in total. The van der Waals surface area contributed by atoms with Crippen molar-refractivity contribution in [2.45, 2.75) is 57.4 Å². The molecule has 0 spiro atoms. The molecule has 1 aromatic carbocycles. The summed E-state index contributed by atoms with van der Waals surface area (Å²) in [4.78, 5) is 27.4. The molecule has 1 saturated heterocycles. The Morgan fingerprint density at radius 2 is 1.90 bits per heavy atom. The van der Waals surface area contributed by atoms with Crippen LogP contribution in [0.2, 0.25) is 0 Å². The first-order chi connectivity index (χ1) is 14.0. The topological polar surface area (TPSA) is 72.9 Å². The van der Waals surface area contributed by atoms with Crippen LogP contribution in [0.25, 0.3) is 0 Å². The van der Waals surface area contributed by atoms with Gasteiger partial charge in [0, 0.05) is 25.6 Å². The van der Waals surface area contributed by atoms with Crippen molar-refractivity contribution < 1.29 is 19.1 Å². The first kappa shape index (κ1) is 20.1. The summed E-state index contributed by atoms with van der Waals surface area (Å²) in [7, 11) is 0. The van der Waals surface area contributed by atoms with Crippen molar-refractivity contribution in [2.75, 3.05) is 31.1 Å². The van der Waals surface area contributed by atoms with Gasteiger partial charge in [-0.1, -0.05) is 6.07 Å². The zero-order chi connectivity index (χ0) is 20.4. The highest BCUT2D eigenvalue weighted by molar-refractivity contribution is 5.94. The molecule has 2 amide bonds. The fourth-order valence-corrected chi connectivity index (χ4v) is 5.11. The van der Waals surface area contributed by atoms with Gasteiger partial charge in [-0.25, -0.2) is 9.18 Å². The number of hydrogen-bond donors (Lipinski definition) is 2. The molecular formula is C22H30FN3O3. The number of benzene rings is 1. The van der Waals surface area contributed by atoms with E-state index in [2.05, 4.69) is 5.32 Å². The number of amides is 2. The van der Waals surface area contributed by atoms with Gasteiger partial charge in [0.25, 0.3) is 0 Å². The van der Waals surface area contributed by atoms with Crippen LogP contribution in [0.4, 0.5) is 14.9 Å². The molecule has 2 fully saturated rings. The Morgan fingerprint density at radius 1 is 1.14 bits per heavy atom. The maximum atomic E-state index is 15.2. The highest BCUT2D eigenvalue weighted by atomic mass is 19.1. The van der Waals surface area contributed by atoms with Gasteiger partial charge in [0.2, 0.25) is 0 Å². The maximum Gasteiger partial charge on any atom is 0.324 e. The number of fused-ring (bicyclic) bond motifs is 1. The van der Waals surface area contributed by atoms with E-state index in [1.807, 2.05) is 11.0 Å². The van der Waals surface area contributed by atoms with Gasteiger partial charge in [-0.3, -0.25) is 9.69 Å². The monoisotopic (exact) mass is 403 g/mol. The zero-order valence-electron chi connectivity index (χ0n) is 16.8. The maximum absolute atomic E-state index is 15.2. The molecule has 3 aliphatic rings. The number of nitrogens with zero attached hydrogens (tertiary/aromatic N) is 2. The number of urea groups is 1. The van der Waals surface area contributed by atoms with Crippen LogP contribution in [0, 0.1) is 11.7 Å². The van der Waals surface area contributed by atoms with E-state index >= 15 is 4.39 Å². The van der Waals surface area contributed by atoms with E-state index in [1.54, 1.807) is 11.0 Å². The second kappa shape index (κ2) is 8.69. The lowest BCUT2D eigenvalue weighted by Gasteiger charge is -2.34. The number of anilines is 1. The Labute approximate surface area is 171 Å². The molecule has 158 valence electrons. The van der Waals surface area contributed by atoms with Crippen LogP contribution < -0.4 is 10.2 Å². The van der Waals surface area contributed by atoms with Crippen LogP contribution in [0.3, 0.4) is 0 Å². The fourth-order valence-electron chi connectivity index (χ4n) is 5.11. The molecule has 0 unspecified atom stereocenters. The van der Waals surface area contributed by atoms with Gasteiger partial charge in [-0.15, -0.1) is 0 Å². The van der Waals surface area contributed by atoms with Gasteiger partial charge in [0.1, 0.15) is 5.82 Å². The number of hydrogen-bond acceptors (Lipinski definition) is 3. The van der Waals surface area contributed by atoms with Crippen molar-refractivity contribution in [3.8, 4) is 0 Å². The summed E-state index contributed by atoms with van der Waals surface area (Å²) in [6.07, 6.45) is 6.14. The molecule has 29 heavy (non-hydrogen) atoms. The number of carbonyl (C=O) groups is 2. The average Bonchev–Trinajstić information content (AvgIpc) is 2.93. The van der Waals surface area contributed by atoms with Crippen LogP contribution in [0.1, 0.15) is 49.7 Å². The van der Waals surface area contributed by atoms with Crippen molar-refractivity contribution in [1.82, 2.24) is 10.2 Å². The first-order valence-corrected chi connectivity index (χ1v) is 10.9. The number of carboxylic acid groups (broad SMARTS) is 1. The Morgan fingerprint density at radius 3 is 2.66 bits per heavy atom. The zero-order valence-corrected chi connectivity index (χ0v) is 16.8. The SMILES string of the molecule is O=C(O)CCC1CCC(N2CCN(c3ccc4c(c3F)CCNCC4)C2=O)CC1. The predicted molar refractivity (Wildman–Crippen MR) is 109 cm³/mol. The second-order valence-corrected chi connectivity index (χ2v) is 8.52. The average molecular weight is 403 g/mol. The van der Waals surface area contributed by atoms with Crippen molar-refractivity contribution in [3.63, 3.8) is 0 Å². The predicted octanol–water partition coefficient (Wildman–Crippen LogP) is 3.18. The van der Waals surface area contributed by atoms with E-state index in [9.17, 15) is 9.59 Å². The standard InChI is InChI=1S/C22H30FN3O3/c23-21-18-10-12-24-11-9-16(18)4-7-19(21)26-14-13-25(22(26)29)17-5-1-15(2-6-17)3-8-20(27)28/h4,7,15,17,24H,1-3,5-6,8-14H2,(H,27,28). The van der Waals surface area contributed by atoms with E-state index in [-0.39, 0.29) is 24.3 Å². The smallest absolute Gasteiger partial charge is 0.324 e. The first-order valence-electron chi connectivity index (χ1n) is 10.9. The van der Waals surface area contributed by atoms with Crippen molar-refractivity contribution in [1.29, 1.82) is 0 Å². The van der Waals surface area contributed by atoms with Gasteiger partial charge in [0.15, 0.2) is 0 Å². The normalized spacial score (nSPS) is 25.1. The molecule has 2 aliphatic heterocycles. The van der Waals surface area contributed by atoms with Gasteiger partial charge in [-0.2, -0.15) is 0 Å². The molecule has 1 saturated carbocycles. The molecule has 0 aromatic heterocycles. The van der Waals surface area contributed by atoms with Crippen LogP contribution in [-0.2, 0) is 17.6 Å². The van der Waals surface area contributed by atoms with Crippen LogP contribution in [-0.4, -0.2) is 54.2 Å². The van der Waals surface area contributed by atoms with E-state index in [4.69, 9.17) is 5.11 Å². The Hall–Kier alpha value is -2.15. The Balaban J connectivity index is 1.41. The van der Waals surface area contributed by atoms with Crippen molar-refractivity contribution >= 4 is 17.7 Å². The lowest BCUT2D eigenvalue weighted by Crippen LogP contribution is -2.41. The number of halogens is 1. The molecule has 0 atom stereocenters. The van der Waals surface area contributed by atoms with Crippen LogP contribution >= 0.6 is 0 Å². The number of rotatable bonds is 5. The van der Waals surface area contributed by atoms with E-state index < -0.39 is 5.97 Å². The largest absolute Gasteiger partial charge is 0.481 e. The molecule has 0 bridgehead atoms. The molecule has 7 heteroatoms. The summed E-state index contributed by atoms with van der Waals surface area (Å²) < 4.78 is 15.2. The van der Waals surface area contributed by atoms with Gasteiger partial charge in [-0.05, 0) is 81.1 Å². The van der Waals surface area contributed by atoms with Crippen molar-refractivity contribution in [3.05, 3.63) is 29.1 Å². The number of nitrogens with one attached hydrogen (secondary N) is 1. The fraction of sp³-hybridized carbons (Fsp3) is 0.636. The minimum absolute atomic E-state index is 0.0930. The summed E-state index contributed by atoms with van der Waals surface area (Å²) in [5.41, 5.74) is 2.20. The number of aliphatic carboxylic acids is 1. The van der Waals surface area contributed by atoms with E-state index in [0.29, 0.717) is 31.1 Å². The summed E-state index contributed by atoms with van der Waals surface area (Å²) in [6.45, 7) is 2.77. The number of carbonyl (C=O) groups excluding carboxylic acids is 1. The van der Waals surface area contributed by atoms with Gasteiger partial charge >= 0.3 is 12.0 Å². The number of carboxylic acids is 1. The summed E-state index contributed by atoms with van der Waals surface area (Å²) in [5.74, 6) is -0.540. The molecule has 1 aliphatic carbocycles. The third-order valence-corrected chi connectivity index (χ3v) is 6.80. The lowest BCUT2D eigenvalue weighted by molar-refractivity contribution is -0.137. The molecule has 0 radical (unpaired) electrons. The summed E-state index contributed by atoms with van der Waals surface area (Å²) >= 11 is 0. The Bertz CT molecular complexity index is 777. The quantitative estimate of drug-likeness (QED) is 0.792. The van der Waals surface area contributed by atoms with Gasteiger partial charge < -0.3 is 15.3 Å². The third-order valence-electron chi connectivity index (χ3n) is 6.80. The molecular weight excluding hydrogens is 373 g/mol. The summed E-state index contributed by atoms with van der Waals surface area (Å²) in [6, 6.07) is 3.83. The molecule has 4 rings (SSSR count). The highest BCUT2D eigenvalue weighted by Gasteiger charge is 2.37. The van der Waals surface area contributed by atoms with E-state index in [1.165, 1.54) is 0 Å². The summed E-state index contributed by atoms with van der Waals surface area (Å²) in [5, 5.41) is 12.2. The molecule has 2 heterocycles. The minimum Gasteiger partial charge on any atom is -0.481 e. The lowest BCUT2D eigenvalue weighted by atomic mass is 9.83. The van der Waals surface area contributed by atoms with Gasteiger partial charge in [0.05, 0.1) is 5.69 Å². The Kier molecular flexibility index (Phi) is 6.04. The minimum atomic E-state index is -0.740. The van der Waals surface area contributed by atoms with E-state index in [0.717, 1.165) is 62.7 Å². The second-order valence-electron chi connectivity index (χ2n) is 8.52. The molecule has 2 N–H and O–H groups in total. The highest BCUT2D eigenvalue weighted by Crippen LogP contribution is 2.34. The third kappa shape index (κ3) is 4.25. The van der Waals surface area contributed by atoms with Crippen LogP contribution in [0.5, 0.6) is 0 Å². The van der Waals surface area contributed by atoms with Crippen molar-refractivity contribution in [2.24, 2.45) is 5.92 Å².